The SMILES string of the molecule is Cc1ccc(C2=CC(c3cccc(C(F)(F)F)c3)(C(F)(F)F)ON2)cc1. The van der Waals surface area contributed by atoms with Gasteiger partial charge in [-0.3, -0.25) is 10.3 Å². The molecule has 8 heteroatoms. The highest BCUT2D eigenvalue weighted by Gasteiger charge is 2.59. The molecule has 0 amide bonds. The van der Waals surface area contributed by atoms with Crippen LogP contribution in [0.15, 0.2) is 54.6 Å². The van der Waals surface area contributed by atoms with E-state index in [-0.39, 0.29) is 5.70 Å². The predicted molar refractivity (Wildman–Crippen MR) is 82.6 cm³/mol. The number of benzene rings is 2. The minimum absolute atomic E-state index is 0.0275. The van der Waals surface area contributed by atoms with Crippen molar-refractivity contribution in [3.8, 4) is 0 Å². The van der Waals surface area contributed by atoms with Gasteiger partial charge in [-0.15, -0.1) is 0 Å². The van der Waals surface area contributed by atoms with E-state index >= 15 is 0 Å². The number of halogens is 6. The summed E-state index contributed by atoms with van der Waals surface area (Å²) in [6.45, 7) is 1.82. The van der Waals surface area contributed by atoms with Crippen LogP contribution in [0, 0.1) is 6.92 Å². The third kappa shape index (κ3) is 3.16. The molecule has 2 nitrogen and oxygen atoms in total. The summed E-state index contributed by atoms with van der Waals surface area (Å²) in [5.74, 6) is 0. The fraction of sp³-hybridized carbons (Fsp3) is 0.222. The van der Waals surface area contributed by atoms with Gasteiger partial charge >= 0.3 is 12.4 Å². The molecule has 0 bridgehead atoms. The van der Waals surface area contributed by atoms with E-state index < -0.39 is 29.1 Å². The fourth-order valence-electron chi connectivity index (χ4n) is 2.65. The van der Waals surface area contributed by atoms with Crippen LogP contribution < -0.4 is 5.48 Å². The molecule has 1 aliphatic rings. The molecule has 1 N–H and O–H groups in total. The van der Waals surface area contributed by atoms with Crippen molar-refractivity contribution in [2.24, 2.45) is 0 Å². The zero-order valence-corrected chi connectivity index (χ0v) is 13.4. The zero-order valence-electron chi connectivity index (χ0n) is 13.4. The predicted octanol–water partition coefficient (Wildman–Crippen LogP) is 5.35. The van der Waals surface area contributed by atoms with Gasteiger partial charge in [0.15, 0.2) is 0 Å². The first kappa shape index (κ1) is 18.3. The van der Waals surface area contributed by atoms with E-state index in [0.29, 0.717) is 17.7 Å². The maximum absolute atomic E-state index is 13.8. The number of hydroxylamine groups is 1. The molecule has 1 atom stereocenters. The molecule has 0 radical (unpaired) electrons. The van der Waals surface area contributed by atoms with E-state index in [9.17, 15) is 26.3 Å². The zero-order chi connectivity index (χ0) is 19.2. The van der Waals surface area contributed by atoms with Gasteiger partial charge < -0.3 is 0 Å². The van der Waals surface area contributed by atoms with E-state index in [1.54, 1.807) is 24.3 Å². The molecule has 3 rings (SSSR count). The van der Waals surface area contributed by atoms with Crippen molar-refractivity contribution >= 4 is 5.70 Å². The summed E-state index contributed by atoms with van der Waals surface area (Å²) in [5, 5.41) is 0. The number of aryl methyl sites for hydroxylation is 1. The van der Waals surface area contributed by atoms with Crippen molar-refractivity contribution in [3.05, 3.63) is 76.9 Å². The highest BCUT2D eigenvalue weighted by atomic mass is 19.4. The molecule has 1 aliphatic heterocycles. The Morgan fingerprint density at radius 1 is 0.923 bits per heavy atom. The van der Waals surface area contributed by atoms with E-state index in [0.717, 1.165) is 23.8 Å². The average Bonchev–Trinajstić information content (AvgIpc) is 3.01. The summed E-state index contributed by atoms with van der Waals surface area (Å²) in [6.07, 6.45) is -8.98. The molecule has 1 unspecified atom stereocenters. The van der Waals surface area contributed by atoms with Crippen LogP contribution in [0.3, 0.4) is 0 Å². The lowest BCUT2D eigenvalue weighted by molar-refractivity contribution is -0.269. The summed E-state index contributed by atoms with van der Waals surface area (Å²) < 4.78 is 80.1. The number of nitrogens with one attached hydrogen (secondary N) is 1. The van der Waals surface area contributed by atoms with Gasteiger partial charge in [0.05, 0.1) is 11.3 Å². The first-order valence-electron chi connectivity index (χ1n) is 7.51. The molecular formula is C18H13F6NO. The van der Waals surface area contributed by atoms with Gasteiger partial charge in [0.1, 0.15) is 0 Å². The van der Waals surface area contributed by atoms with Crippen LogP contribution in [0.2, 0.25) is 0 Å². The summed E-state index contributed by atoms with van der Waals surface area (Å²) in [7, 11) is 0. The highest BCUT2D eigenvalue weighted by molar-refractivity contribution is 5.67. The molecule has 2 aromatic carbocycles. The maximum Gasteiger partial charge on any atom is 0.428 e. The average molecular weight is 373 g/mol. The molecule has 2 aromatic rings. The quantitative estimate of drug-likeness (QED) is 0.717. The van der Waals surface area contributed by atoms with Crippen LogP contribution in [-0.4, -0.2) is 6.18 Å². The summed E-state index contributed by atoms with van der Waals surface area (Å²) in [5.41, 5.74) is -1.29. The first-order valence-corrected chi connectivity index (χ1v) is 7.51. The van der Waals surface area contributed by atoms with Gasteiger partial charge in [0.2, 0.25) is 5.60 Å². The van der Waals surface area contributed by atoms with Gasteiger partial charge in [0, 0.05) is 5.56 Å². The van der Waals surface area contributed by atoms with Crippen LogP contribution >= 0.6 is 0 Å². The number of alkyl halides is 6. The standard InChI is InChI=1S/C18H13F6NO/c1-11-5-7-12(8-6-11)15-10-16(26-25-15,18(22,23)24)13-3-2-4-14(9-13)17(19,20)21/h2-10,25H,1H3. The van der Waals surface area contributed by atoms with Gasteiger partial charge in [0.25, 0.3) is 0 Å². The van der Waals surface area contributed by atoms with Crippen LogP contribution in [0.5, 0.6) is 0 Å². The van der Waals surface area contributed by atoms with Crippen molar-refractivity contribution in [2.45, 2.75) is 24.9 Å². The summed E-state index contributed by atoms with van der Waals surface area (Å²) in [6, 6.07) is 9.63. The summed E-state index contributed by atoms with van der Waals surface area (Å²) >= 11 is 0. The van der Waals surface area contributed by atoms with Crippen molar-refractivity contribution in [1.29, 1.82) is 0 Å². The molecular weight excluding hydrogens is 360 g/mol. The fourth-order valence-corrected chi connectivity index (χ4v) is 2.65. The van der Waals surface area contributed by atoms with Crippen molar-refractivity contribution in [1.82, 2.24) is 5.48 Å². The third-order valence-corrected chi connectivity index (χ3v) is 4.07. The van der Waals surface area contributed by atoms with Gasteiger partial charge in [-0.05, 0) is 30.7 Å². The topological polar surface area (TPSA) is 21.3 Å². The van der Waals surface area contributed by atoms with E-state index in [4.69, 9.17) is 4.84 Å². The highest BCUT2D eigenvalue weighted by Crippen LogP contribution is 2.48. The van der Waals surface area contributed by atoms with Gasteiger partial charge in [-0.2, -0.15) is 26.3 Å². The Hall–Kier alpha value is -2.48. The third-order valence-electron chi connectivity index (χ3n) is 4.07. The Labute approximate surface area is 145 Å². The van der Waals surface area contributed by atoms with Crippen molar-refractivity contribution in [2.75, 3.05) is 0 Å². The number of hydrogen-bond donors (Lipinski definition) is 1. The van der Waals surface area contributed by atoms with Crippen LogP contribution in [0.25, 0.3) is 5.70 Å². The Kier molecular flexibility index (Phi) is 4.26. The lowest BCUT2D eigenvalue weighted by atomic mass is 9.90. The molecule has 0 aliphatic carbocycles. The van der Waals surface area contributed by atoms with Gasteiger partial charge in [-0.25, -0.2) is 0 Å². The second-order valence-corrected chi connectivity index (χ2v) is 5.94. The molecule has 0 fully saturated rings. The van der Waals surface area contributed by atoms with Crippen molar-refractivity contribution in [3.63, 3.8) is 0 Å². The molecule has 0 saturated carbocycles. The lowest BCUT2D eigenvalue weighted by Crippen LogP contribution is -2.42. The van der Waals surface area contributed by atoms with E-state index in [1.165, 1.54) is 0 Å². The van der Waals surface area contributed by atoms with Crippen LogP contribution in [0.1, 0.15) is 22.3 Å². The lowest BCUT2D eigenvalue weighted by Gasteiger charge is -2.29. The summed E-state index contributed by atoms with van der Waals surface area (Å²) in [4.78, 5) is 4.82. The normalized spacial score (nSPS) is 20.7. The minimum atomic E-state index is -4.98. The van der Waals surface area contributed by atoms with Crippen LogP contribution in [0.4, 0.5) is 26.3 Å². The Bertz CT molecular complexity index is 838. The van der Waals surface area contributed by atoms with Crippen molar-refractivity contribution < 1.29 is 31.2 Å². The Balaban J connectivity index is 2.12. The molecule has 0 spiro atoms. The number of rotatable bonds is 2. The Morgan fingerprint density at radius 3 is 2.15 bits per heavy atom. The van der Waals surface area contributed by atoms with Crippen LogP contribution in [-0.2, 0) is 16.6 Å². The second kappa shape index (κ2) is 6.05. The molecule has 0 aromatic heterocycles. The van der Waals surface area contributed by atoms with Gasteiger partial charge in [-0.1, -0.05) is 42.0 Å². The maximum atomic E-state index is 13.8. The number of hydrogen-bond acceptors (Lipinski definition) is 2. The minimum Gasteiger partial charge on any atom is -0.265 e. The molecule has 1 heterocycles. The van der Waals surface area contributed by atoms with E-state index in [2.05, 4.69) is 5.48 Å². The first-order chi connectivity index (χ1) is 12.0. The molecule has 0 saturated heterocycles. The molecule has 138 valence electrons. The largest absolute Gasteiger partial charge is 0.428 e. The second-order valence-electron chi connectivity index (χ2n) is 5.94. The molecule has 26 heavy (non-hydrogen) atoms. The smallest absolute Gasteiger partial charge is 0.265 e. The monoisotopic (exact) mass is 373 g/mol. The Morgan fingerprint density at radius 2 is 1.58 bits per heavy atom. The van der Waals surface area contributed by atoms with E-state index in [1.807, 2.05) is 6.92 Å².